The van der Waals surface area contributed by atoms with E-state index in [1.54, 1.807) is 0 Å². The van der Waals surface area contributed by atoms with Crippen LogP contribution in [-0.4, -0.2) is 21.8 Å². The van der Waals surface area contributed by atoms with Gasteiger partial charge in [0.25, 0.3) is 0 Å². The van der Waals surface area contributed by atoms with E-state index in [4.69, 9.17) is 5.11 Å². The van der Waals surface area contributed by atoms with E-state index in [1.807, 2.05) is 6.92 Å². The summed E-state index contributed by atoms with van der Waals surface area (Å²) in [5.74, 6) is -0.543. The van der Waals surface area contributed by atoms with Gasteiger partial charge in [-0.2, -0.15) is 24.9 Å². The fourth-order valence-electron chi connectivity index (χ4n) is 0.953. The van der Waals surface area contributed by atoms with E-state index >= 15 is 0 Å². The molecule has 0 saturated heterocycles. The number of thiazole rings is 1. The summed E-state index contributed by atoms with van der Waals surface area (Å²) in [5, 5.41) is 8.82. The minimum absolute atomic E-state index is 0.191. The van der Waals surface area contributed by atoms with Crippen molar-refractivity contribution in [2.24, 2.45) is 0 Å². The molecule has 90 valence electrons. The largest absolute Gasteiger partial charge is 0.477 e. The van der Waals surface area contributed by atoms with Gasteiger partial charge in [0.15, 0.2) is 5.69 Å². The second kappa shape index (κ2) is 5.05. The number of nitrogens with zero attached hydrogens (tertiary/aromatic N) is 1. The Labute approximate surface area is 97.7 Å². The van der Waals surface area contributed by atoms with Gasteiger partial charge in [0.05, 0.1) is 0 Å². The van der Waals surface area contributed by atoms with Gasteiger partial charge in [-0.15, -0.1) is 11.3 Å². The number of carboxylic acids is 1. The summed E-state index contributed by atoms with van der Waals surface area (Å²) in [4.78, 5) is 13.2. The molecule has 1 N–H and O–H groups in total. The van der Waals surface area contributed by atoms with Crippen molar-refractivity contribution in [3.05, 3.63) is 15.6 Å². The zero-order chi connectivity index (χ0) is 12.3. The van der Waals surface area contributed by atoms with Crippen LogP contribution in [0.2, 0.25) is 0 Å². The predicted molar refractivity (Wildman–Crippen MR) is 55.9 cm³/mol. The molecule has 0 amide bonds. The van der Waals surface area contributed by atoms with Crippen LogP contribution < -0.4 is 0 Å². The van der Waals surface area contributed by atoms with Crippen molar-refractivity contribution in [3.8, 4) is 0 Å². The first-order valence-electron chi connectivity index (χ1n) is 4.24. The Morgan fingerprint density at radius 3 is 2.56 bits per heavy atom. The van der Waals surface area contributed by atoms with Crippen molar-refractivity contribution in [1.29, 1.82) is 0 Å². The summed E-state index contributed by atoms with van der Waals surface area (Å²) in [7, 11) is 0. The van der Waals surface area contributed by atoms with Crippen molar-refractivity contribution in [3.63, 3.8) is 0 Å². The highest BCUT2D eigenvalue weighted by Crippen LogP contribution is 2.35. The average Bonchev–Trinajstić information content (AvgIpc) is 2.58. The number of hydrogen-bond donors (Lipinski definition) is 1. The van der Waals surface area contributed by atoms with Crippen molar-refractivity contribution in [1.82, 2.24) is 4.98 Å². The molecule has 0 aliphatic heterocycles. The molecule has 0 aromatic carbocycles. The van der Waals surface area contributed by atoms with E-state index in [1.165, 1.54) is 11.8 Å². The smallest absolute Gasteiger partial charge is 0.435 e. The van der Waals surface area contributed by atoms with Crippen LogP contribution in [0.25, 0.3) is 0 Å². The highest BCUT2D eigenvalue weighted by molar-refractivity contribution is 7.98. The van der Waals surface area contributed by atoms with Crippen molar-refractivity contribution >= 4 is 29.1 Å². The van der Waals surface area contributed by atoms with Crippen LogP contribution >= 0.6 is 23.1 Å². The number of alkyl halides is 3. The number of hydrogen-bond acceptors (Lipinski definition) is 4. The average molecular weight is 271 g/mol. The molecule has 1 rings (SSSR count). The lowest BCUT2D eigenvalue weighted by atomic mass is 10.3. The molecule has 1 aromatic rings. The van der Waals surface area contributed by atoms with Crippen molar-refractivity contribution < 1.29 is 23.1 Å². The molecular formula is C8H8F3NO2S2. The first kappa shape index (κ1) is 13.3. The zero-order valence-corrected chi connectivity index (χ0v) is 9.80. The molecule has 0 bridgehead atoms. The summed E-state index contributed by atoms with van der Waals surface area (Å²) in [5.41, 5.74) is -1.29. The third-order valence-electron chi connectivity index (χ3n) is 1.56. The third kappa shape index (κ3) is 3.11. The van der Waals surface area contributed by atoms with Crippen LogP contribution in [0.15, 0.2) is 0 Å². The van der Waals surface area contributed by atoms with Crippen LogP contribution in [0.3, 0.4) is 0 Å². The fourth-order valence-corrected chi connectivity index (χ4v) is 2.60. The number of thioether (sulfide) groups is 1. The maximum absolute atomic E-state index is 12.4. The van der Waals surface area contributed by atoms with Gasteiger partial charge in [0.1, 0.15) is 9.88 Å². The number of carbonyl (C=O) groups is 1. The molecule has 0 radical (unpaired) electrons. The summed E-state index contributed by atoms with van der Waals surface area (Å²) in [6.45, 7) is 1.86. The number of rotatable bonds is 4. The van der Waals surface area contributed by atoms with Crippen LogP contribution in [0.4, 0.5) is 13.2 Å². The molecule has 0 aliphatic carbocycles. The lowest BCUT2D eigenvalue weighted by molar-refractivity contribution is -0.141. The first-order chi connectivity index (χ1) is 7.36. The zero-order valence-electron chi connectivity index (χ0n) is 8.17. The molecular weight excluding hydrogens is 263 g/mol. The standard InChI is InChI=1S/C8H8F3NO2S2/c1-2-15-3-4-12-6(8(9,10)11)5(16-4)7(13)14/h2-3H2,1H3,(H,13,14). The van der Waals surface area contributed by atoms with Crippen LogP contribution in [0, 0.1) is 0 Å². The lowest BCUT2D eigenvalue weighted by Crippen LogP contribution is -2.11. The first-order valence-corrected chi connectivity index (χ1v) is 6.21. The van der Waals surface area contributed by atoms with Crippen molar-refractivity contribution in [2.75, 3.05) is 5.75 Å². The minimum Gasteiger partial charge on any atom is -0.477 e. The van der Waals surface area contributed by atoms with Crippen LogP contribution in [-0.2, 0) is 11.9 Å². The Hall–Kier alpha value is -0.760. The molecule has 0 aliphatic rings. The quantitative estimate of drug-likeness (QED) is 0.914. The van der Waals surface area contributed by atoms with Gasteiger partial charge in [0.2, 0.25) is 0 Å². The Kier molecular flexibility index (Phi) is 4.20. The summed E-state index contributed by atoms with van der Waals surface area (Å²) < 4.78 is 37.3. The molecule has 16 heavy (non-hydrogen) atoms. The highest BCUT2D eigenvalue weighted by Gasteiger charge is 2.39. The third-order valence-corrected chi connectivity index (χ3v) is 3.68. The Morgan fingerprint density at radius 1 is 1.56 bits per heavy atom. The number of carboxylic acid groups (broad SMARTS) is 1. The normalized spacial score (nSPS) is 11.8. The van der Waals surface area contributed by atoms with E-state index < -0.39 is 22.7 Å². The van der Waals surface area contributed by atoms with E-state index in [0.717, 1.165) is 5.75 Å². The van der Waals surface area contributed by atoms with Gasteiger partial charge in [-0.05, 0) is 5.75 Å². The monoisotopic (exact) mass is 271 g/mol. The molecule has 8 heteroatoms. The number of aromatic nitrogens is 1. The molecule has 0 fully saturated rings. The summed E-state index contributed by atoms with van der Waals surface area (Å²) >= 11 is 1.98. The van der Waals surface area contributed by atoms with Gasteiger partial charge >= 0.3 is 12.1 Å². The molecule has 0 saturated carbocycles. The maximum atomic E-state index is 12.4. The maximum Gasteiger partial charge on any atom is 0.435 e. The van der Waals surface area contributed by atoms with Crippen LogP contribution in [0.1, 0.15) is 27.3 Å². The van der Waals surface area contributed by atoms with Crippen LogP contribution in [0.5, 0.6) is 0 Å². The highest BCUT2D eigenvalue weighted by atomic mass is 32.2. The lowest BCUT2D eigenvalue weighted by Gasteiger charge is -2.02. The van der Waals surface area contributed by atoms with Gasteiger partial charge in [-0.1, -0.05) is 6.92 Å². The van der Waals surface area contributed by atoms with E-state index in [0.29, 0.717) is 17.1 Å². The molecule has 3 nitrogen and oxygen atoms in total. The van der Waals surface area contributed by atoms with E-state index in [2.05, 4.69) is 4.98 Å². The Bertz CT molecular complexity index is 389. The van der Waals surface area contributed by atoms with Gasteiger partial charge < -0.3 is 5.11 Å². The molecule has 0 atom stereocenters. The number of aromatic carboxylic acids is 1. The molecule has 1 aromatic heterocycles. The topological polar surface area (TPSA) is 50.2 Å². The summed E-state index contributed by atoms with van der Waals surface area (Å²) in [6.07, 6.45) is -4.71. The van der Waals surface area contributed by atoms with E-state index in [-0.39, 0.29) is 5.01 Å². The minimum atomic E-state index is -4.71. The van der Waals surface area contributed by atoms with E-state index in [9.17, 15) is 18.0 Å². The Balaban J connectivity index is 3.06. The number of halogens is 3. The molecule has 0 spiro atoms. The molecule has 1 heterocycles. The SMILES string of the molecule is CCSCc1nc(C(F)(F)F)c(C(=O)O)s1. The van der Waals surface area contributed by atoms with Gasteiger partial charge in [-0.25, -0.2) is 9.78 Å². The van der Waals surface area contributed by atoms with Gasteiger partial charge in [-0.3, -0.25) is 0 Å². The summed E-state index contributed by atoms with van der Waals surface area (Å²) in [6, 6.07) is 0. The second-order valence-electron chi connectivity index (χ2n) is 2.73. The second-order valence-corrected chi connectivity index (χ2v) is 5.08. The van der Waals surface area contributed by atoms with Crippen molar-refractivity contribution in [2.45, 2.75) is 18.9 Å². The molecule has 0 unspecified atom stereocenters. The van der Waals surface area contributed by atoms with Gasteiger partial charge in [0, 0.05) is 5.75 Å². The Morgan fingerprint density at radius 2 is 2.19 bits per heavy atom. The predicted octanol–water partition coefficient (Wildman–Crippen LogP) is 3.11. The fraction of sp³-hybridized carbons (Fsp3) is 0.500.